The molecule has 0 saturated heterocycles. The average molecular weight is 415 g/mol. The van der Waals surface area contributed by atoms with Crippen molar-refractivity contribution in [3.8, 4) is 11.4 Å². The standard InChI is InChI=1S/C21H23ClN4OS/c1-4-18(15-11-9-14(2)10-12-15)23-19(27)13-28-21-25-24-20(26(21)3)16-7-5-6-8-17(16)22/h5-12,18H,4,13H2,1-3H3,(H,23,27)/t18-/m0/s1. The second-order valence-corrected chi connectivity index (χ2v) is 7.92. The molecule has 3 rings (SSSR count). The summed E-state index contributed by atoms with van der Waals surface area (Å²) in [7, 11) is 1.88. The van der Waals surface area contributed by atoms with Gasteiger partial charge in [0.1, 0.15) is 0 Å². The summed E-state index contributed by atoms with van der Waals surface area (Å²) in [5, 5.41) is 12.8. The number of nitrogens with one attached hydrogen (secondary N) is 1. The van der Waals surface area contributed by atoms with Gasteiger partial charge in [0.15, 0.2) is 11.0 Å². The van der Waals surface area contributed by atoms with E-state index in [2.05, 4.69) is 53.6 Å². The lowest BCUT2D eigenvalue weighted by Gasteiger charge is -2.17. The maximum atomic E-state index is 12.5. The monoisotopic (exact) mass is 414 g/mol. The van der Waals surface area contributed by atoms with Gasteiger partial charge >= 0.3 is 0 Å². The van der Waals surface area contributed by atoms with Crippen molar-refractivity contribution in [1.29, 1.82) is 0 Å². The van der Waals surface area contributed by atoms with Crippen LogP contribution in [-0.4, -0.2) is 26.4 Å². The van der Waals surface area contributed by atoms with Crippen LogP contribution in [0.2, 0.25) is 5.02 Å². The second-order valence-electron chi connectivity index (χ2n) is 6.57. The summed E-state index contributed by atoms with van der Waals surface area (Å²) < 4.78 is 1.86. The van der Waals surface area contributed by atoms with Crippen molar-refractivity contribution >= 4 is 29.3 Å². The van der Waals surface area contributed by atoms with Crippen LogP contribution in [0, 0.1) is 6.92 Å². The third-order valence-electron chi connectivity index (χ3n) is 4.51. The fraction of sp³-hybridized carbons (Fsp3) is 0.286. The topological polar surface area (TPSA) is 59.8 Å². The van der Waals surface area contributed by atoms with Gasteiger partial charge in [0, 0.05) is 12.6 Å². The van der Waals surface area contributed by atoms with E-state index < -0.39 is 0 Å². The SMILES string of the molecule is CC[C@H](NC(=O)CSc1nnc(-c2ccccc2Cl)n1C)c1ccc(C)cc1. The first-order valence-corrected chi connectivity index (χ1v) is 10.5. The molecule has 1 atom stereocenters. The van der Waals surface area contributed by atoms with E-state index in [1.807, 2.05) is 35.9 Å². The first-order chi connectivity index (χ1) is 13.5. The van der Waals surface area contributed by atoms with Gasteiger partial charge in [-0.25, -0.2) is 0 Å². The van der Waals surface area contributed by atoms with Crippen molar-refractivity contribution in [2.45, 2.75) is 31.5 Å². The summed E-state index contributed by atoms with van der Waals surface area (Å²) in [6, 6.07) is 15.8. The van der Waals surface area contributed by atoms with Gasteiger partial charge in [-0.1, -0.05) is 72.2 Å². The highest BCUT2D eigenvalue weighted by molar-refractivity contribution is 7.99. The van der Waals surface area contributed by atoms with Crippen LogP contribution >= 0.6 is 23.4 Å². The smallest absolute Gasteiger partial charge is 0.230 e. The molecule has 5 nitrogen and oxygen atoms in total. The van der Waals surface area contributed by atoms with E-state index in [0.29, 0.717) is 16.0 Å². The van der Waals surface area contributed by atoms with Crippen LogP contribution in [0.3, 0.4) is 0 Å². The van der Waals surface area contributed by atoms with Gasteiger partial charge in [0.25, 0.3) is 0 Å². The first-order valence-electron chi connectivity index (χ1n) is 9.12. The highest BCUT2D eigenvalue weighted by atomic mass is 35.5. The Morgan fingerprint density at radius 2 is 1.89 bits per heavy atom. The number of aryl methyl sites for hydroxylation is 1. The number of carbonyl (C=O) groups excluding carboxylic acids is 1. The van der Waals surface area contributed by atoms with Gasteiger partial charge < -0.3 is 9.88 Å². The fourth-order valence-corrected chi connectivity index (χ4v) is 3.85. The van der Waals surface area contributed by atoms with E-state index in [4.69, 9.17) is 11.6 Å². The van der Waals surface area contributed by atoms with E-state index in [1.54, 1.807) is 0 Å². The van der Waals surface area contributed by atoms with Gasteiger partial charge in [-0.2, -0.15) is 0 Å². The zero-order valence-corrected chi connectivity index (χ0v) is 17.7. The molecule has 7 heteroatoms. The highest BCUT2D eigenvalue weighted by Gasteiger charge is 2.16. The number of hydrogen-bond acceptors (Lipinski definition) is 4. The Bertz CT molecular complexity index is 955. The molecule has 0 aliphatic rings. The highest BCUT2D eigenvalue weighted by Crippen LogP contribution is 2.28. The van der Waals surface area contributed by atoms with Crippen LogP contribution < -0.4 is 5.32 Å². The number of thioether (sulfide) groups is 1. The minimum absolute atomic E-state index is 0.00637. The number of rotatable bonds is 7. The zero-order chi connectivity index (χ0) is 20.1. The molecule has 0 unspecified atom stereocenters. The maximum absolute atomic E-state index is 12.5. The molecule has 0 radical (unpaired) electrons. The van der Waals surface area contributed by atoms with Gasteiger partial charge in [-0.15, -0.1) is 10.2 Å². The van der Waals surface area contributed by atoms with E-state index in [9.17, 15) is 4.79 Å². The minimum Gasteiger partial charge on any atom is -0.349 e. The number of nitrogens with zero attached hydrogens (tertiary/aromatic N) is 3. The molecule has 0 saturated carbocycles. The Morgan fingerprint density at radius 3 is 2.57 bits per heavy atom. The lowest BCUT2D eigenvalue weighted by atomic mass is 10.0. The van der Waals surface area contributed by atoms with E-state index >= 15 is 0 Å². The lowest BCUT2D eigenvalue weighted by Crippen LogP contribution is -2.29. The molecule has 1 heterocycles. The quantitative estimate of drug-likeness (QED) is 0.564. The molecule has 0 aliphatic carbocycles. The Labute approximate surface area is 174 Å². The summed E-state index contributed by atoms with van der Waals surface area (Å²) in [6.45, 7) is 4.12. The van der Waals surface area contributed by atoms with Gasteiger partial charge in [0.05, 0.1) is 16.8 Å². The number of hydrogen-bond donors (Lipinski definition) is 1. The van der Waals surface area contributed by atoms with Crippen molar-refractivity contribution in [3.05, 3.63) is 64.7 Å². The Morgan fingerprint density at radius 1 is 1.18 bits per heavy atom. The maximum Gasteiger partial charge on any atom is 0.230 e. The van der Waals surface area contributed by atoms with Crippen molar-refractivity contribution in [3.63, 3.8) is 0 Å². The summed E-state index contributed by atoms with van der Waals surface area (Å²) >= 11 is 7.62. The largest absolute Gasteiger partial charge is 0.349 e. The van der Waals surface area contributed by atoms with Crippen LogP contribution in [-0.2, 0) is 11.8 Å². The van der Waals surface area contributed by atoms with Crippen LogP contribution in [0.25, 0.3) is 11.4 Å². The molecule has 0 bridgehead atoms. The number of aromatic nitrogens is 3. The normalized spacial score (nSPS) is 12.0. The Hall–Kier alpha value is -2.31. The fourth-order valence-electron chi connectivity index (χ4n) is 2.90. The predicted octanol–water partition coefficient (Wildman–Crippen LogP) is 4.80. The molecule has 2 aromatic carbocycles. The van der Waals surface area contributed by atoms with Crippen LogP contribution in [0.1, 0.15) is 30.5 Å². The van der Waals surface area contributed by atoms with E-state index in [-0.39, 0.29) is 17.7 Å². The zero-order valence-electron chi connectivity index (χ0n) is 16.1. The van der Waals surface area contributed by atoms with Crippen LogP contribution in [0.5, 0.6) is 0 Å². The third kappa shape index (κ3) is 4.75. The first kappa shape index (κ1) is 20.4. The van der Waals surface area contributed by atoms with Crippen LogP contribution in [0.4, 0.5) is 0 Å². The molecule has 1 amide bonds. The molecule has 1 N–H and O–H groups in total. The molecular formula is C21H23ClN4OS. The van der Waals surface area contributed by atoms with Crippen molar-refractivity contribution in [2.75, 3.05) is 5.75 Å². The summed E-state index contributed by atoms with van der Waals surface area (Å²) in [6.07, 6.45) is 0.833. The van der Waals surface area contributed by atoms with Gasteiger partial charge in [0.2, 0.25) is 5.91 Å². The Balaban J connectivity index is 1.63. The van der Waals surface area contributed by atoms with Gasteiger partial charge in [-0.3, -0.25) is 4.79 Å². The summed E-state index contributed by atoms with van der Waals surface area (Å²) in [5.74, 6) is 0.927. The van der Waals surface area contributed by atoms with Gasteiger partial charge in [-0.05, 0) is 31.0 Å². The van der Waals surface area contributed by atoms with E-state index in [1.165, 1.54) is 17.3 Å². The van der Waals surface area contributed by atoms with Crippen molar-refractivity contribution < 1.29 is 4.79 Å². The second kappa shape index (κ2) is 9.26. The third-order valence-corrected chi connectivity index (χ3v) is 5.86. The lowest BCUT2D eigenvalue weighted by molar-refractivity contribution is -0.119. The summed E-state index contributed by atoms with van der Waals surface area (Å²) in [4.78, 5) is 12.5. The molecule has 0 aliphatic heterocycles. The Kier molecular flexibility index (Phi) is 6.75. The minimum atomic E-state index is -0.0280. The van der Waals surface area contributed by atoms with Crippen molar-refractivity contribution in [2.24, 2.45) is 7.05 Å². The molecule has 1 aromatic heterocycles. The molecule has 0 fully saturated rings. The molecule has 0 spiro atoms. The molecule has 3 aromatic rings. The average Bonchev–Trinajstić information content (AvgIpc) is 3.06. The number of halogens is 1. The summed E-state index contributed by atoms with van der Waals surface area (Å²) in [5.41, 5.74) is 3.14. The predicted molar refractivity (Wildman–Crippen MR) is 115 cm³/mol. The number of benzene rings is 2. The van der Waals surface area contributed by atoms with Crippen molar-refractivity contribution in [1.82, 2.24) is 20.1 Å². The molecule has 146 valence electrons. The molecule has 28 heavy (non-hydrogen) atoms. The van der Waals surface area contributed by atoms with Crippen LogP contribution in [0.15, 0.2) is 53.7 Å². The number of amides is 1. The molecular weight excluding hydrogens is 392 g/mol. The number of carbonyl (C=O) groups is 1. The van der Waals surface area contributed by atoms with E-state index in [0.717, 1.165) is 17.5 Å².